The number of rotatable bonds is 7. The third-order valence-corrected chi connectivity index (χ3v) is 7.32. The van der Waals surface area contributed by atoms with Gasteiger partial charge in [-0.05, 0) is 94.8 Å². The van der Waals surface area contributed by atoms with Gasteiger partial charge in [0.25, 0.3) is 0 Å². The maximum absolute atomic E-state index is 6.25. The summed E-state index contributed by atoms with van der Waals surface area (Å²) >= 11 is 0. The van der Waals surface area contributed by atoms with Gasteiger partial charge in [0.1, 0.15) is 0 Å². The van der Waals surface area contributed by atoms with E-state index in [0.717, 1.165) is 36.9 Å². The van der Waals surface area contributed by atoms with Crippen LogP contribution >= 0.6 is 0 Å². The first kappa shape index (κ1) is 20.4. The molecular weight excluding hydrogens is 320 g/mol. The topological polar surface area (TPSA) is 18.5 Å². The molecule has 0 radical (unpaired) electrons. The second-order valence-electron chi connectivity index (χ2n) is 9.16. The highest BCUT2D eigenvalue weighted by Crippen LogP contribution is 2.37. The van der Waals surface area contributed by atoms with Crippen molar-refractivity contribution in [2.45, 2.75) is 103 Å². The van der Waals surface area contributed by atoms with E-state index in [2.05, 4.69) is 26.0 Å². The highest BCUT2D eigenvalue weighted by molar-refractivity contribution is 4.97. The molecule has 2 aliphatic carbocycles. The fourth-order valence-corrected chi connectivity index (χ4v) is 5.64. The minimum atomic E-state index is 0.388. The Hall–Kier alpha value is -0.340. The van der Waals surface area contributed by atoms with Crippen molar-refractivity contribution in [3.8, 4) is 0 Å². The zero-order valence-corrected chi connectivity index (χ0v) is 17.3. The van der Waals surface area contributed by atoms with Gasteiger partial charge in [-0.1, -0.05) is 31.9 Å². The molecule has 0 N–H and O–H groups in total. The van der Waals surface area contributed by atoms with Crippen LogP contribution in [0.2, 0.25) is 0 Å². The summed E-state index contributed by atoms with van der Waals surface area (Å²) in [4.78, 5) is 0. The molecule has 0 amide bonds. The van der Waals surface area contributed by atoms with Crippen molar-refractivity contribution in [1.82, 2.24) is 0 Å². The van der Waals surface area contributed by atoms with Crippen LogP contribution in [-0.4, -0.2) is 25.4 Å². The molecule has 0 bridgehead atoms. The molecule has 1 saturated heterocycles. The lowest BCUT2D eigenvalue weighted by Gasteiger charge is -2.37. The van der Waals surface area contributed by atoms with E-state index in [1.807, 2.05) is 0 Å². The maximum atomic E-state index is 6.25. The quantitative estimate of drug-likeness (QED) is 0.479. The SMILES string of the molecule is CCCC1CCC(C=CC2CCC(C3CCC(OCC)CC3)CO2)CC1. The average Bonchev–Trinajstić information content (AvgIpc) is 2.69. The van der Waals surface area contributed by atoms with E-state index in [4.69, 9.17) is 9.47 Å². The number of allylic oxidation sites excluding steroid dienone is 1. The molecule has 2 saturated carbocycles. The summed E-state index contributed by atoms with van der Waals surface area (Å²) in [5.41, 5.74) is 0. The highest BCUT2D eigenvalue weighted by atomic mass is 16.5. The smallest absolute Gasteiger partial charge is 0.0756 e. The molecule has 1 heterocycles. The van der Waals surface area contributed by atoms with Gasteiger partial charge in [-0.15, -0.1) is 0 Å². The first-order chi connectivity index (χ1) is 12.8. The molecule has 2 nitrogen and oxygen atoms in total. The first-order valence-electron chi connectivity index (χ1n) is 11.7. The highest BCUT2D eigenvalue weighted by Gasteiger charge is 2.31. The van der Waals surface area contributed by atoms with Gasteiger partial charge in [0.15, 0.2) is 0 Å². The zero-order chi connectivity index (χ0) is 18.2. The van der Waals surface area contributed by atoms with Crippen LogP contribution in [-0.2, 0) is 9.47 Å². The number of hydrogen-bond acceptors (Lipinski definition) is 2. The van der Waals surface area contributed by atoms with Crippen LogP contribution in [0, 0.1) is 23.7 Å². The Morgan fingerprint density at radius 2 is 1.54 bits per heavy atom. The molecule has 26 heavy (non-hydrogen) atoms. The third kappa shape index (κ3) is 6.09. The molecule has 0 aromatic carbocycles. The third-order valence-electron chi connectivity index (χ3n) is 7.32. The van der Waals surface area contributed by atoms with Gasteiger partial charge in [0.05, 0.1) is 18.8 Å². The molecule has 1 aliphatic heterocycles. The van der Waals surface area contributed by atoms with Gasteiger partial charge in [0, 0.05) is 6.61 Å². The van der Waals surface area contributed by atoms with Crippen LogP contribution in [0.15, 0.2) is 12.2 Å². The Balaban J connectivity index is 1.33. The Bertz CT molecular complexity index is 394. The van der Waals surface area contributed by atoms with Gasteiger partial charge >= 0.3 is 0 Å². The van der Waals surface area contributed by atoms with Gasteiger partial charge in [-0.3, -0.25) is 0 Å². The number of hydrogen-bond donors (Lipinski definition) is 0. The Kier molecular flexibility index (Phi) is 8.52. The lowest BCUT2D eigenvalue weighted by atomic mass is 9.76. The van der Waals surface area contributed by atoms with Crippen molar-refractivity contribution in [2.75, 3.05) is 13.2 Å². The second kappa shape index (κ2) is 10.9. The Labute approximate surface area is 162 Å². The summed E-state index contributed by atoms with van der Waals surface area (Å²) in [7, 11) is 0. The van der Waals surface area contributed by atoms with Gasteiger partial charge in [-0.25, -0.2) is 0 Å². The minimum absolute atomic E-state index is 0.388. The maximum Gasteiger partial charge on any atom is 0.0756 e. The molecule has 3 fully saturated rings. The van der Waals surface area contributed by atoms with Gasteiger partial charge in [0.2, 0.25) is 0 Å². The molecule has 150 valence electrons. The summed E-state index contributed by atoms with van der Waals surface area (Å²) in [6.07, 6.45) is 22.1. The van der Waals surface area contributed by atoms with E-state index in [0.29, 0.717) is 12.2 Å². The minimum Gasteiger partial charge on any atom is -0.379 e. The van der Waals surface area contributed by atoms with Crippen LogP contribution in [0.1, 0.15) is 90.9 Å². The van der Waals surface area contributed by atoms with Crippen molar-refractivity contribution >= 4 is 0 Å². The molecule has 0 aromatic heterocycles. The van der Waals surface area contributed by atoms with Crippen LogP contribution in [0.4, 0.5) is 0 Å². The predicted octanol–water partition coefficient (Wildman–Crippen LogP) is 6.54. The van der Waals surface area contributed by atoms with Gasteiger partial charge < -0.3 is 9.47 Å². The Morgan fingerprint density at radius 1 is 0.808 bits per heavy atom. The lowest BCUT2D eigenvalue weighted by molar-refractivity contribution is -0.0319. The van der Waals surface area contributed by atoms with Crippen LogP contribution < -0.4 is 0 Å². The number of ether oxygens (including phenoxy) is 2. The monoisotopic (exact) mass is 362 g/mol. The lowest BCUT2D eigenvalue weighted by Crippen LogP contribution is -2.33. The van der Waals surface area contributed by atoms with E-state index in [1.165, 1.54) is 77.0 Å². The van der Waals surface area contributed by atoms with Crippen LogP contribution in [0.3, 0.4) is 0 Å². The molecule has 3 aliphatic rings. The molecule has 2 unspecified atom stereocenters. The first-order valence-corrected chi connectivity index (χ1v) is 11.7. The van der Waals surface area contributed by atoms with Crippen molar-refractivity contribution < 1.29 is 9.47 Å². The zero-order valence-electron chi connectivity index (χ0n) is 17.3. The molecule has 0 aromatic rings. The van der Waals surface area contributed by atoms with Crippen molar-refractivity contribution in [3.05, 3.63) is 12.2 Å². The largest absolute Gasteiger partial charge is 0.379 e. The van der Waals surface area contributed by atoms with Gasteiger partial charge in [-0.2, -0.15) is 0 Å². The standard InChI is InChI=1S/C24H42O2/c1-3-5-19-6-8-20(9-7-19)10-14-24-17-13-22(18-26-24)21-11-15-23(16-12-21)25-4-2/h10,14,19-24H,3-9,11-13,15-18H2,1-2H3. The average molecular weight is 363 g/mol. The van der Waals surface area contributed by atoms with E-state index >= 15 is 0 Å². The van der Waals surface area contributed by atoms with Crippen molar-refractivity contribution in [1.29, 1.82) is 0 Å². The van der Waals surface area contributed by atoms with Crippen molar-refractivity contribution in [2.24, 2.45) is 23.7 Å². The van der Waals surface area contributed by atoms with E-state index in [9.17, 15) is 0 Å². The van der Waals surface area contributed by atoms with Crippen LogP contribution in [0.25, 0.3) is 0 Å². The molecule has 2 heteroatoms. The summed E-state index contributed by atoms with van der Waals surface area (Å²) < 4.78 is 12.1. The molecular formula is C24H42O2. The fourth-order valence-electron chi connectivity index (χ4n) is 5.64. The molecule has 2 atom stereocenters. The normalized spacial score (nSPS) is 39.3. The predicted molar refractivity (Wildman–Crippen MR) is 109 cm³/mol. The van der Waals surface area contributed by atoms with E-state index < -0.39 is 0 Å². The summed E-state index contributed by atoms with van der Waals surface area (Å²) in [6.45, 7) is 6.30. The summed E-state index contributed by atoms with van der Waals surface area (Å²) in [5.74, 6) is 3.50. The van der Waals surface area contributed by atoms with Crippen LogP contribution in [0.5, 0.6) is 0 Å². The second-order valence-corrected chi connectivity index (χ2v) is 9.16. The Morgan fingerprint density at radius 3 is 2.15 bits per heavy atom. The summed E-state index contributed by atoms with van der Waals surface area (Å²) in [5, 5.41) is 0. The fraction of sp³-hybridized carbons (Fsp3) is 0.917. The summed E-state index contributed by atoms with van der Waals surface area (Å²) in [6, 6.07) is 0. The van der Waals surface area contributed by atoms with E-state index in [1.54, 1.807) is 0 Å². The van der Waals surface area contributed by atoms with Crippen molar-refractivity contribution in [3.63, 3.8) is 0 Å². The molecule has 3 rings (SSSR count). The van der Waals surface area contributed by atoms with E-state index in [-0.39, 0.29) is 0 Å². The molecule has 0 spiro atoms.